The third-order valence-corrected chi connectivity index (χ3v) is 5.82. The van der Waals surface area contributed by atoms with Gasteiger partial charge in [0.25, 0.3) is 0 Å². The summed E-state index contributed by atoms with van der Waals surface area (Å²) in [6, 6.07) is 0. The fraction of sp³-hybridized carbons (Fsp3) is 0.923. The van der Waals surface area contributed by atoms with E-state index in [0.717, 1.165) is 12.7 Å². The lowest BCUT2D eigenvalue weighted by Gasteiger charge is -2.50. The van der Waals surface area contributed by atoms with E-state index in [4.69, 9.17) is 4.74 Å². The lowest BCUT2D eigenvalue weighted by molar-refractivity contribution is -0.115. The van der Waals surface area contributed by atoms with E-state index in [1.165, 1.54) is 19.3 Å². The molecular formula is C13H20O2. The molecule has 0 amide bonds. The van der Waals surface area contributed by atoms with Crippen molar-refractivity contribution < 1.29 is 9.53 Å². The van der Waals surface area contributed by atoms with E-state index >= 15 is 0 Å². The third kappa shape index (κ3) is 0.885. The Morgan fingerprint density at radius 1 is 1.40 bits per heavy atom. The highest BCUT2D eigenvalue weighted by Crippen LogP contribution is 2.73. The van der Waals surface area contributed by atoms with Crippen LogP contribution in [0.3, 0.4) is 0 Å². The average molecular weight is 208 g/mol. The SMILES string of the molecule is C[C@@H]1CCC[C@@]2(C)C[C@]3(C=O)O[C@@H]3[C@@]12C. The molecule has 3 fully saturated rings. The normalized spacial score (nSPS) is 62.1. The molecule has 0 bridgehead atoms. The van der Waals surface area contributed by atoms with Crippen molar-refractivity contribution in [2.24, 2.45) is 16.7 Å². The van der Waals surface area contributed by atoms with Crippen LogP contribution in [0, 0.1) is 16.7 Å². The maximum Gasteiger partial charge on any atom is 0.154 e. The molecule has 3 rings (SSSR count). The van der Waals surface area contributed by atoms with Crippen LogP contribution in [0.25, 0.3) is 0 Å². The van der Waals surface area contributed by atoms with Crippen molar-refractivity contribution in [3.63, 3.8) is 0 Å². The van der Waals surface area contributed by atoms with Gasteiger partial charge in [0.1, 0.15) is 6.10 Å². The predicted molar refractivity (Wildman–Crippen MR) is 57.5 cm³/mol. The highest BCUT2D eigenvalue weighted by atomic mass is 16.6. The van der Waals surface area contributed by atoms with E-state index < -0.39 is 0 Å². The first-order valence-electron chi connectivity index (χ1n) is 6.13. The summed E-state index contributed by atoms with van der Waals surface area (Å²) in [4.78, 5) is 11.2. The standard InChI is InChI=1S/C13H20O2/c1-9-5-4-6-11(2)7-13(8-14)10(15-13)12(9,11)3/h8-10H,4-7H2,1-3H3/t9-,10-,11+,12-,13-/m1/s1. The van der Waals surface area contributed by atoms with Gasteiger partial charge in [0.15, 0.2) is 11.9 Å². The number of fused-ring (bicyclic) bond motifs is 3. The van der Waals surface area contributed by atoms with Gasteiger partial charge in [-0.05, 0) is 24.2 Å². The number of hydrogen-bond donors (Lipinski definition) is 0. The van der Waals surface area contributed by atoms with Gasteiger partial charge in [0, 0.05) is 5.41 Å². The van der Waals surface area contributed by atoms with Crippen LogP contribution in [0.1, 0.15) is 46.5 Å². The number of aldehydes is 1. The molecule has 2 heteroatoms. The Kier molecular flexibility index (Phi) is 1.62. The Bertz CT molecular complexity index is 326. The van der Waals surface area contributed by atoms with Gasteiger partial charge in [-0.2, -0.15) is 0 Å². The lowest BCUT2D eigenvalue weighted by Crippen LogP contribution is -2.46. The van der Waals surface area contributed by atoms with Crippen LogP contribution in [-0.4, -0.2) is 18.0 Å². The van der Waals surface area contributed by atoms with E-state index in [-0.39, 0.29) is 17.1 Å². The molecule has 0 N–H and O–H groups in total. The molecule has 1 aliphatic heterocycles. The number of ether oxygens (including phenoxy) is 1. The molecule has 3 aliphatic rings. The first kappa shape index (κ1) is 9.83. The lowest BCUT2D eigenvalue weighted by atomic mass is 9.55. The summed E-state index contributed by atoms with van der Waals surface area (Å²) in [5, 5.41) is 0. The van der Waals surface area contributed by atoms with Crippen molar-refractivity contribution in [1.82, 2.24) is 0 Å². The Morgan fingerprint density at radius 3 is 2.73 bits per heavy atom. The minimum Gasteiger partial charge on any atom is -0.357 e. The van der Waals surface area contributed by atoms with Gasteiger partial charge in [-0.15, -0.1) is 0 Å². The highest BCUT2D eigenvalue weighted by Gasteiger charge is 2.78. The van der Waals surface area contributed by atoms with Gasteiger partial charge in [-0.1, -0.05) is 33.6 Å². The molecule has 1 heterocycles. The molecule has 0 aromatic carbocycles. The molecule has 84 valence electrons. The van der Waals surface area contributed by atoms with Crippen LogP contribution in [0.15, 0.2) is 0 Å². The quantitative estimate of drug-likeness (QED) is 0.489. The van der Waals surface area contributed by atoms with Crippen LogP contribution >= 0.6 is 0 Å². The summed E-state index contributed by atoms with van der Waals surface area (Å²) in [6.07, 6.45) is 6.11. The van der Waals surface area contributed by atoms with Crippen molar-refractivity contribution in [1.29, 1.82) is 0 Å². The molecule has 2 saturated carbocycles. The Balaban J connectivity index is 2.04. The zero-order chi connectivity index (χ0) is 10.9. The molecule has 0 aromatic heterocycles. The molecular weight excluding hydrogens is 188 g/mol. The van der Waals surface area contributed by atoms with Crippen molar-refractivity contribution in [2.45, 2.75) is 58.2 Å². The van der Waals surface area contributed by atoms with Crippen molar-refractivity contribution in [3.8, 4) is 0 Å². The van der Waals surface area contributed by atoms with Gasteiger partial charge in [0.05, 0.1) is 0 Å². The van der Waals surface area contributed by atoms with Crippen molar-refractivity contribution >= 4 is 6.29 Å². The van der Waals surface area contributed by atoms with E-state index in [2.05, 4.69) is 20.8 Å². The van der Waals surface area contributed by atoms with Crippen LogP contribution < -0.4 is 0 Å². The first-order chi connectivity index (χ1) is 6.98. The van der Waals surface area contributed by atoms with Gasteiger partial charge in [-0.25, -0.2) is 0 Å². The maximum absolute atomic E-state index is 11.2. The molecule has 5 atom stereocenters. The van der Waals surface area contributed by atoms with Gasteiger partial charge >= 0.3 is 0 Å². The number of epoxide rings is 1. The van der Waals surface area contributed by atoms with Crippen LogP contribution in [0.5, 0.6) is 0 Å². The summed E-state index contributed by atoms with van der Waals surface area (Å²) in [6.45, 7) is 7.04. The second kappa shape index (κ2) is 2.48. The highest BCUT2D eigenvalue weighted by molar-refractivity contribution is 5.70. The predicted octanol–water partition coefficient (Wildman–Crippen LogP) is 2.56. The Labute approximate surface area is 91.4 Å². The van der Waals surface area contributed by atoms with E-state index in [1.54, 1.807) is 0 Å². The maximum atomic E-state index is 11.2. The van der Waals surface area contributed by atoms with Crippen molar-refractivity contribution in [3.05, 3.63) is 0 Å². The summed E-state index contributed by atoms with van der Waals surface area (Å²) >= 11 is 0. The molecule has 2 nitrogen and oxygen atoms in total. The fourth-order valence-corrected chi connectivity index (χ4v) is 4.51. The Hall–Kier alpha value is -0.370. The second-order valence-electron chi connectivity index (χ2n) is 6.38. The van der Waals surface area contributed by atoms with E-state index in [0.29, 0.717) is 11.3 Å². The summed E-state index contributed by atoms with van der Waals surface area (Å²) in [5.41, 5.74) is 0.169. The smallest absolute Gasteiger partial charge is 0.154 e. The van der Waals surface area contributed by atoms with E-state index in [1.807, 2.05) is 0 Å². The molecule has 0 unspecified atom stereocenters. The topological polar surface area (TPSA) is 29.6 Å². The molecule has 1 saturated heterocycles. The fourth-order valence-electron chi connectivity index (χ4n) is 4.51. The van der Waals surface area contributed by atoms with Crippen LogP contribution in [-0.2, 0) is 9.53 Å². The molecule has 2 aliphatic carbocycles. The number of carbonyl (C=O) groups excluding carboxylic acids is 1. The zero-order valence-corrected chi connectivity index (χ0v) is 9.88. The number of hydrogen-bond acceptors (Lipinski definition) is 2. The summed E-state index contributed by atoms with van der Waals surface area (Å²) in [5.74, 6) is 0.686. The van der Waals surface area contributed by atoms with E-state index in [9.17, 15) is 4.79 Å². The minimum atomic E-state index is -0.387. The van der Waals surface area contributed by atoms with Crippen molar-refractivity contribution in [2.75, 3.05) is 0 Å². The minimum absolute atomic E-state index is 0.211. The van der Waals surface area contributed by atoms with Gasteiger partial charge in [0.2, 0.25) is 0 Å². The second-order valence-corrected chi connectivity index (χ2v) is 6.38. The van der Waals surface area contributed by atoms with Gasteiger partial charge in [-0.3, -0.25) is 0 Å². The average Bonchev–Trinajstić information content (AvgIpc) is 2.85. The largest absolute Gasteiger partial charge is 0.357 e. The zero-order valence-electron chi connectivity index (χ0n) is 9.88. The molecule has 0 aromatic rings. The summed E-state index contributed by atoms with van der Waals surface area (Å²) < 4.78 is 5.73. The summed E-state index contributed by atoms with van der Waals surface area (Å²) in [7, 11) is 0. The molecule has 0 spiro atoms. The third-order valence-electron chi connectivity index (χ3n) is 5.82. The van der Waals surface area contributed by atoms with Gasteiger partial charge < -0.3 is 9.53 Å². The number of rotatable bonds is 1. The van der Waals surface area contributed by atoms with Crippen LogP contribution in [0.2, 0.25) is 0 Å². The Morgan fingerprint density at radius 2 is 2.13 bits per heavy atom. The molecule has 15 heavy (non-hydrogen) atoms. The number of carbonyl (C=O) groups is 1. The first-order valence-corrected chi connectivity index (χ1v) is 6.13. The molecule has 0 radical (unpaired) electrons. The monoisotopic (exact) mass is 208 g/mol. The van der Waals surface area contributed by atoms with Crippen LogP contribution in [0.4, 0.5) is 0 Å².